The molecule has 0 bridgehead atoms. The van der Waals surface area contributed by atoms with Crippen LogP contribution in [0.3, 0.4) is 0 Å². The predicted octanol–water partition coefficient (Wildman–Crippen LogP) is 4.92. The van der Waals surface area contributed by atoms with Gasteiger partial charge in [0.25, 0.3) is 5.91 Å². The van der Waals surface area contributed by atoms with Gasteiger partial charge in [-0.25, -0.2) is 0 Å². The molecular weight excluding hydrogens is 447 g/mol. The molecule has 0 aliphatic carbocycles. The van der Waals surface area contributed by atoms with Crippen LogP contribution < -0.4 is 9.62 Å². The zero-order chi connectivity index (χ0) is 19.9. The number of amides is 1. The summed E-state index contributed by atoms with van der Waals surface area (Å²) in [6.45, 7) is 0. The molecule has 0 fully saturated rings. The number of halogens is 4. The Balaban J connectivity index is 2.24. The van der Waals surface area contributed by atoms with Crippen LogP contribution in [0.4, 0.5) is 18.9 Å². The van der Waals surface area contributed by atoms with Gasteiger partial charge in [-0.15, -0.1) is 0 Å². The highest BCUT2D eigenvalue weighted by Gasteiger charge is 2.32. The Morgan fingerprint density at radius 1 is 1.33 bits per heavy atom. The van der Waals surface area contributed by atoms with Crippen LogP contribution in [-0.2, 0) is 6.18 Å². The van der Waals surface area contributed by atoms with Crippen molar-refractivity contribution in [3.63, 3.8) is 0 Å². The number of benzene rings is 1. The number of alkyl halides is 3. The van der Waals surface area contributed by atoms with Crippen molar-refractivity contribution in [2.75, 3.05) is 18.4 Å². The van der Waals surface area contributed by atoms with Crippen molar-refractivity contribution < 1.29 is 22.4 Å². The van der Waals surface area contributed by atoms with Gasteiger partial charge < -0.3 is 14.0 Å². The molecule has 1 aromatic carbocycles. The number of pyridine rings is 1. The van der Waals surface area contributed by atoms with Crippen LogP contribution in [0, 0.1) is 0 Å². The lowest BCUT2D eigenvalue weighted by atomic mass is 10.1. The van der Waals surface area contributed by atoms with Crippen molar-refractivity contribution in [3.8, 4) is 11.3 Å². The van der Waals surface area contributed by atoms with Crippen molar-refractivity contribution in [1.29, 1.82) is 0 Å². The summed E-state index contributed by atoms with van der Waals surface area (Å²) in [7, 11) is 3.18. The highest BCUT2D eigenvalue weighted by molar-refractivity contribution is 9.10. The van der Waals surface area contributed by atoms with E-state index in [1.807, 2.05) is 0 Å². The van der Waals surface area contributed by atoms with Crippen LogP contribution in [0.5, 0.6) is 0 Å². The van der Waals surface area contributed by atoms with E-state index in [1.165, 1.54) is 13.1 Å². The molecule has 2 aromatic heterocycles. The third-order valence-corrected chi connectivity index (χ3v) is 4.73. The number of fused-ring (bicyclic) bond motifs is 1. The number of carbonyl (C=O) groups excluding carboxylic acids is 1. The molecule has 3 rings (SSSR count). The molecule has 3 aromatic rings. The van der Waals surface area contributed by atoms with Gasteiger partial charge in [0.1, 0.15) is 17.0 Å². The van der Waals surface area contributed by atoms with Crippen LogP contribution in [0.1, 0.15) is 16.1 Å². The average molecular weight is 460 g/mol. The number of aromatic nitrogens is 1. The zero-order valence-electron chi connectivity index (χ0n) is 14.1. The highest BCUT2D eigenvalue weighted by atomic mass is 79.9. The summed E-state index contributed by atoms with van der Waals surface area (Å²) in [4.78, 5) is 15.9. The smallest absolute Gasteiger partial charge is 0.433 e. The highest BCUT2D eigenvalue weighted by Crippen LogP contribution is 2.39. The molecule has 0 aliphatic heterocycles. The standard InChI is InChI=1S/C17H13BrF3N3O2S/c1-22-16(25)14-9-5-10(18)11(24(2)27)6-12(9)26-15(14)8-3-4-13(23-7-8)17(19,20)21/h3-7,27H,1-2H3,(H,22,25). The summed E-state index contributed by atoms with van der Waals surface area (Å²) in [6.07, 6.45) is -3.51. The Hall–Kier alpha value is -2.20. The van der Waals surface area contributed by atoms with E-state index in [-0.39, 0.29) is 16.9 Å². The van der Waals surface area contributed by atoms with Gasteiger partial charge in [-0.2, -0.15) is 13.2 Å². The first kappa shape index (κ1) is 19.6. The van der Waals surface area contributed by atoms with Gasteiger partial charge in [0.05, 0.1) is 11.3 Å². The lowest BCUT2D eigenvalue weighted by Gasteiger charge is -2.12. The summed E-state index contributed by atoms with van der Waals surface area (Å²) in [5, 5.41) is 3.03. The van der Waals surface area contributed by atoms with Gasteiger partial charge in [0, 0.05) is 41.8 Å². The van der Waals surface area contributed by atoms with Crippen molar-refractivity contribution >= 4 is 51.3 Å². The van der Waals surface area contributed by atoms with Crippen molar-refractivity contribution in [1.82, 2.24) is 10.3 Å². The lowest BCUT2D eigenvalue weighted by Crippen LogP contribution is -2.18. The number of hydrogen-bond donors (Lipinski definition) is 2. The molecule has 142 valence electrons. The Morgan fingerprint density at radius 3 is 2.56 bits per heavy atom. The molecule has 0 spiro atoms. The molecule has 1 N–H and O–H groups in total. The number of hydrogen-bond acceptors (Lipinski definition) is 5. The minimum Gasteiger partial charge on any atom is -0.455 e. The van der Waals surface area contributed by atoms with E-state index in [4.69, 9.17) is 4.42 Å². The zero-order valence-corrected chi connectivity index (χ0v) is 16.5. The van der Waals surface area contributed by atoms with Gasteiger partial charge in [-0.1, -0.05) is 12.8 Å². The predicted molar refractivity (Wildman–Crippen MR) is 103 cm³/mol. The molecule has 27 heavy (non-hydrogen) atoms. The van der Waals surface area contributed by atoms with E-state index in [0.29, 0.717) is 21.1 Å². The summed E-state index contributed by atoms with van der Waals surface area (Å²) in [5.41, 5.74) is 0.533. The first-order valence-electron chi connectivity index (χ1n) is 7.57. The van der Waals surface area contributed by atoms with Crippen LogP contribution >= 0.6 is 28.7 Å². The number of thiol groups is 1. The fourth-order valence-electron chi connectivity index (χ4n) is 2.60. The fraction of sp³-hybridized carbons (Fsp3) is 0.176. The second-order valence-electron chi connectivity index (χ2n) is 5.64. The number of anilines is 1. The number of furan rings is 1. The van der Waals surface area contributed by atoms with Gasteiger partial charge in [0.2, 0.25) is 0 Å². The van der Waals surface area contributed by atoms with Crippen LogP contribution in [0.15, 0.2) is 39.4 Å². The molecular formula is C17H13BrF3N3O2S. The molecule has 10 heteroatoms. The lowest BCUT2D eigenvalue weighted by molar-refractivity contribution is -0.141. The fourth-order valence-corrected chi connectivity index (χ4v) is 3.52. The Labute approximate surface area is 166 Å². The van der Waals surface area contributed by atoms with Crippen molar-refractivity contribution in [2.45, 2.75) is 6.18 Å². The molecule has 0 atom stereocenters. The number of rotatable bonds is 3. The molecule has 2 heterocycles. The summed E-state index contributed by atoms with van der Waals surface area (Å²) in [5.74, 6) is -0.293. The normalized spacial score (nSPS) is 11.7. The SMILES string of the molecule is CNC(=O)c1c(-c2ccc(C(F)(F)F)nc2)oc2cc(N(C)S)c(Br)cc12. The summed E-state index contributed by atoms with van der Waals surface area (Å²) < 4.78 is 46.3. The second-order valence-corrected chi connectivity index (χ2v) is 7.09. The summed E-state index contributed by atoms with van der Waals surface area (Å²) in [6, 6.07) is 5.45. The van der Waals surface area contributed by atoms with Crippen LogP contribution in [0.25, 0.3) is 22.3 Å². The molecule has 0 radical (unpaired) electrons. The molecule has 1 amide bonds. The van der Waals surface area contributed by atoms with Crippen LogP contribution in [0.2, 0.25) is 0 Å². The van der Waals surface area contributed by atoms with Gasteiger partial charge in [-0.05, 0) is 34.1 Å². The largest absolute Gasteiger partial charge is 0.455 e. The molecule has 0 saturated carbocycles. The minimum absolute atomic E-state index is 0.136. The van der Waals surface area contributed by atoms with E-state index in [9.17, 15) is 18.0 Å². The van der Waals surface area contributed by atoms with Crippen molar-refractivity contribution in [2.24, 2.45) is 0 Å². The minimum atomic E-state index is -4.55. The number of nitrogens with one attached hydrogen (secondary N) is 1. The van der Waals surface area contributed by atoms with E-state index in [0.717, 1.165) is 12.3 Å². The number of nitrogens with zero attached hydrogens (tertiary/aromatic N) is 2. The van der Waals surface area contributed by atoms with E-state index >= 15 is 0 Å². The second kappa shape index (κ2) is 7.08. The first-order valence-corrected chi connectivity index (χ1v) is 8.77. The van der Waals surface area contributed by atoms with Crippen molar-refractivity contribution in [3.05, 3.63) is 46.2 Å². The Kier molecular flexibility index (Phi) is 5.13. The maximum Gasteiger partial charge on any atom is 0.433 e. The molecule has 0 aliphatic rings. The first-order chi connectivity index (χ1) is 12.6. The van der Waals surface area contributed by atoms with Gasteiger partial charge in [-0.3, -0.25) is 9.78 Å². The van der Waals surface area contributed by atoms with Gasteiger partial charge in [0.15, 0.2) is 0 Å². The van der Waals surface area contributed by atoms with E-state index in [2.05, 4.69) is 39.0 Å². The average Bonchev–Trinajstić information content (AvgIpc) is 2.97. The van der Waals surface area contributed by atoms with Crippen LogP contribution in [-0.4, -0.2) is 25.0 Å². The third kappa shape index (κ3) is 3.63. The topological polar surface area (TPSA) is 58.4 Å². The molecule has 5 nitrogen and oxygen atoms in total. The third-order valence-electron chi connectivity index (χ3n) is 3.88. The maximum atomic E-state index is 12.7. The Morgan fingerprint density at radius 2 is 2.04 bits per heavy atom. The van der Waals surface area contributed by atoms with E-state index < -0.39 is 17.8 Å². The molecule has 0 saturated heterocycles. The number of carbonyl (C=O) groups is 1. The monoisotopic (exact) mass is 459 g/mol. The van der Waals surface area contributed by atoms with E-state index in [1.54, 1.807) is 23.5 Å². The van der Waals surface area contributed by atoms with Gasteiger partial charge >= 0.3 is 6.18 Å². The maximum absolute atomic E-state index is 12.7. The quantitative estimate of drug-likeness (QED) is 0.546. The Bertz CT molecular complexity index is 1020. The summed E-state index contributed by atoms with van der Waals surface area (Å²) >= 11 is 7.67. The molecule has 0 unspecified atom stereocenters.